The molecule has 4 aromatic rings. The lowest BCUT2D eigenvalue weighted by Crippen LogP contribution is -2.50. The molecule has 284 valence electrons. The molecule has 0 saturated heterocycles. The smallest absolute Gasteiger partial charge is 0.308 e. The number of ether oxygens (including phenoxy) is 1. The molecule has 0 unspecified atom stereocenters. The molecule has 0 aromatic carbocycles. The van der Waals surface area contributed by atoms with Crippen LogP contribution in [0.3, 0.4) is 0 Å². The lowest BCUT2D eigenvalue weighted by molar-refractivity contribution is -0.151. The summed E-state index contributed by atoms with van der Waals surface area (Å²) in [4.78, 5) is 43.4. The fraction of sp³-hybridized carbons (Fsp3) is 0.469. The Balaban J connectivity index is 0.000000579. The van der Waals surface area contributed by atoms with Gasteiger partial charge < -0.3 is 41.3 Å². The van der Waals surface area contributed by atoms with Gasteiger partial charge in [0.2, 0.25) is 5.95 Å². The van der Waals surface area contributed by atoms with Gasteiger partial charge in [-0.05, 0) is 31.9 Å². The van der Waals surface area contributed by atoms with Gasteiger partial charge in [0.05, 0.1) is 56.1 Å². The maximum absolute atomic E-state index is 14.6. The number of hydrogen-bond acceptors (Lipinski definition) is 14. The second kappa shape index (κ2) is 20.3. The molecule has 4 heterocycles. The van der Waals surface area contributed by atoms with Crippen LogP contribution >= 0.6 is 11.3 Å². The van der Waals surface area contributed by atoms with Crippen molar-refractivity contribution in [2.45, 2.75) is 70.2 Å². The third-order valence-corrected chi connectivity index (χ3v) is 8.32. The van der Waals surface area contributed by atoms with Crippen LogP contribution in [0.15, 0.2) is 36.1 Å². The second-order valence-corrected chi connectivity index (χ2v) is 12.4. The van der Waals surface area contributed by atoms with Crippen LogP contribution < -0.4 is 11.1 Å². The molecule has 8 N–H and O–H groups in total. The second-order valence-electron chi connectivity index (χ2n) is 11.6. The van der Waals surface area contributed by atoms with Gasteiger partial charge in [0, 0.05) is 29.9 Å². The van der Waals surface area contributed by atoms with Gasteiger partial charge in [-0.3, -0.25) is 19.1 Å². The predicted octanol–water partition coefficient (Wildman–Crippen LogP) is 2.33. The molecule has 17 nitrogen and oxygen atoms in total. The molecule has 4 aromatic heterocycles. The number of rotatable bonds is 13. The van der Waals surface area contributed by atoms with Crippen molar-refractivity contribution in [2.75, 3.05) is 31.7 Å². The zero-order valence-corrected chi connectivity index (χ0v) is 29.1. The Morgan fingerprint density at radius 2 is 1.69 bits per heavy atom. The summed E-state index contributed by atoms with van der Waals surface area (Å²) in [5, 5.41) is 54.6. The summed E-state index contributed by atoms with van der Waals surface area (Å²) in [7, 11) is 0. The number of aromatic nitrogens is 6. The number of hydrogen-bond donors (Lipinski definition) is 7. The number of anilines is 1. The van der Waals surface area contributed by atoms with Gasteiger partial charge in [0.15, 0.2) is 12.5 Å². The van der Waals surface area contributed by atoms with E-state index in [0.29, 0.717) is 10.6 Å². The van der Waals surface area contributed by atoms with E-state index in [9.17, 15) is 23.2 Å². The normalized spacial score (nSPS) is 13.0. The number of thiazole rings is 1. The van der Waals surface area contributed by atoms with Gasteiger partial charge in [-0.1, -0.05) is 19.3 Å². The molecule has 0 aliphatic heterocycles. The van der Waals surface area contributed by atoms with E-state index < -0.39 is 55.0 Å². The van der Waals surface area contributed by atoms with Crippen LogP contribution in [0, 0.1) is 11.8 Å². The van der Waals surface area contributed by atoms with Gasteiger partial charge in [-0.25, -0.2) is 19.0 Å². The van der Waals surface area contributed by atoms with Gasteiger partial charge in [0.25, 0.3) is 5.91 Å². The van der Waals surface area contributed by atoms with Crippen LogP contribution in [0.5, 0.6) is 0 Å². The van der Waals surface area contributed by atoms with Gasteiger partial charge in [-0.15, -0.1) is 11.3 Å². The number of aliphatic carboxylic acids is 1. The fourth-order valence-electron chi connectivity index (χ4n) is 4.59. The summed E-state index contributed by atoms with van der Waals surface area (Å²) >= 11 is 1.18. The molecule has 1 amide bonds. The summed E-state index contributed by atoms with van der Waals surface area (Å²) < 4.78 is 36.6. The number of amides is 1. The van der Waals surface area contributed by atoms with Crippen LogP contribution in [0.2, 0.25) is 0 Å². The Labute approximate surface area is 300 Å². The van der Waals surface area contributed by atoms with Crippen LogP contribution in [0.25, 0.3) is 22.0 Å². The highest BCUT2D eigenvalue weighted by molar-refractivity contribution is 7.13. The molecular formula is C32H42F2N8O9S. The average molecular weight is 753 g/mol. The molecule has 52 heavy (non-hydrogen) atoms. The number of nitrogens with two attached hydrogens (primary N) is 1. The van der Waals surface area contributed by atoms with E-state index in [-0.39, 0.29) is 55.0 Å². The molecule has 20 heteroatoms. The number of pyridine rings is 1. The molecule has 1 aliphatic carbocycles. The highest BCUT2D eigenvalue weighted by Crippen LogP contribution is 2.34. The Morgan fingerprint density at radius 1 is 1.02 bits per heavy atom. The summed E-state index contributed by atoms with van der Waals surface area (Å²) in [5.41, 5.74) is 4.49. The standard InChI is InChI=1S/C26H25F2N7O5S.C4H11NO3.C2H6O/c27-17-6-7-20(28)32-23(17)24-18(12-35(33-24)16-4-2-1-3-5-16)30-25(39)19-13-41-26(31-19)15-10-29-34(11-15)14-40-22(38)9-8-21(36)37;5-4(1-6,2-7)3-8;1-2-3/h6-7,10-13,16H,1-5,8-9,14H2,(H,30,39)(H,36,37);6-8H,1-3,5H2;3H,2H2,1H3. The molecule has 1 aliphatic rings. The van der Waals surface area contributed by atoms with Gasteiger partial charge >= 0.3 is 11.9 Å². The SMILES string of the molecule is CCO.NC(CO)(CO)CO.O=C(O)CCC(=O)OCn1cc(-c2nc(C(=O)Nc3cn(C4CCCCC4)nc3-c3nc(F)ccc3F)cs2)cn1. The Hall–Kier alpha value is -4.73. The van der Waals surface area contributed by atoms with E-state index >= 15 is 0 Å². The molecule has 0 radical (unpaired) electrons. The largest absolute Gasteiger partial charge is 0.481 e. The summed E-state index contributed by atoms with van der Waals surface area (Å²) in [6.07, 6.45) is 9.03. The van der Waals surface area contributed by atoms with E-state index in [1.807, 2.05) is 0 Å². The van der Waals surface area contributed by atoms with Crippen LogP contribution in [-0.4, -0.2) is 105 Å². The Morgan fingerprint density at radius 3 is 2.31 bits per heavy atom. The Bertz CT molecular complexity index is 1750. The maximum atomic E-state index is 14.6. The lowest BCUT2D eigenvalue weighted by Gasteiger charge is -2.21. The van der Waals surface area contributed by atoms with Crippen molar-refractivity contribution in [3.8, 4) is 22.0 Å². The van der Waals surface area contributed by atoms with Crippen molar-refractivity contribution < 1.29 is 53.4 Å². The maximum Gasteiger partial charge on any atom is 0.308 e. The predicted molar refractivity (Wildman–Crippen MR) is 183 cm³/mol. The molecule has 1 saturated carbocycles. The highest BCUT2D eigenvalue weighted by atomic mass is 32.1. The number of aliphatic hydroxyl groups excluding tert-OH is 4. The number of carbonyl (C=O) groups is 3. The van der Waals surface area contributed by atoms with Crippen molar-refractivity contribution in [1.29, 1.82) is 0 Å². The van der Waals surface area contributed by atoms with Crippen molar-refractivity contribution in [3.63, 3.8) is 0 Å². The van der Waals surface area contributed by atoms with Crippen LogP contribution in [0.4, 0.5) is 14.5 Å². The third-order valence-electron chi connectivity index (χ3n) is 7.43. The number of nitrogens with zero attached hydrogens (tertiary/aromatic N) is 6. The zero-order chi connectivity index (χ0) is 38.3. The quantitative estimate of drug-likeness (QED) is 0.0764. The average Bonchev–Trinajstić information content (AvgIpc) is 3.92. The molecule has 0 atom stereocenters. The number of carbonyl (C=O) groups excluding carboxylic acids is 2. The first-order valence-electron chi connectivity index (χ1n) is 16.2. The molecular weight excluding hydrogens is 710 g/mol. The first kappa shape index (κ1) is 41.7. The first-order chi connectivity index (χ1) is 24.9. The number of carboxylic acid groups (broad SMARTS) is 1. The Kier molecular flexibility index (Phi) is 16.3. The topological polar surface area (TPSA) is 261 Å². The number of nitrogens with one attached hydrogen (secondary N) is 1. The molecule has 1 fully saturated rings. The van der Waals surface area contributed by atoms with Crippen molar-refractivity contribution in [3.05, 3.63) is 53.6 Å². The lowest BCUT2D eigenvalue weighted by atomic mass is 9.96. The number of halogens is 2. The van der Waals surface area contributed by atoms with Gasteiger partial charge in [-0.2, -0.15) is 14.6 Å². The number of carboxylic acids is 1. The van der Waals surface area contributed by atoms with Crippen molar-refractivity contribution in [2.24, 2.45) is 5.73 Å². The molecule has 0 bridgehead atoms. The fourth-order valence-corrected chi connectivity index (χ4v) is 5.36. The first-order valence-corrected chi connectivity index (χ1v) is 17.1. The van der Waals surface area contributed by atoms with Crippen molar-refractivity contribution in [1.82, 2.24) is 29.5 Å². The minimum atomic E-state index is -1.21. The minimum Gasteiger partial charge on any atom is -0.481 e. The van der Waals surface area contributed by atoms with E-state index in [1.54, 1.807) is 29.4 Å². The number of aliphatic hydroxyl groups is 4. The van der Waals surface area contributed by atoms with E-state index in [2.05, 4.69) is 25.5 Å². The van der Waals surface area contributed by atoms with Gasteiger partial charge in [0.1, 0.15) is 22.1 Å². The van der Waals surface area contributed by atoms with E-state index in [0.717, 1.165) is 44.2 Å². The zero-order valence-electron chi connectivity index (χ0n) is 28.3. The number of esters is 1. The monoisotopic (exact) mass is 752 g/mol. The van der Waals surface area contributed by atoms with E-state index in [1.165, 1.54) is 22.2 Å². The third kappa shape index (κ3) is 12.2. The van der Waals surface area contributed by atoms with Crippen LogP contribution in [0.1, 0.15) is 68.4 Å². The summed E-state index contributed by atoms with van der Waals surface area (Å²) in [6, 6.07) is 1.95. The van der Waals surface area contributed by atoms with E-state index in [4.69, 9.17) is 36.0 Å². The van der Waals surface area contributed by atoms with Crippen LogP contribution in [-0.2, 0) is 21.1 Å². The minimum absolute atomic E-state index is 0.0237. The molecule has 5 rings (SSSR count). The molecule has 0 spiro atoms. The summed E-state index contributed by atoms with van der Waals surface area (Å²) in [5.74, 6) is -3.98. The van der Waals surface area contributed by atoms with Crippen molar-refractivity contribution >= 4 is 34.9 Å². The highest BCUT2D eigenvalue weighted by Gasteiger charge is 2.25. The summed E-state index contributed by atoms with van der Waals surface area (Å²) in [6.45, 7) is 0.510.